The van der Waals surface area contributed by atoms with Crippen LogP contribution in [0.3, 0.4) is 0 Å². The van der Waals surface area contributed by atoms with E-state index in [0.717, 1.165) is 32.1 Å². The van der Waals surface area contributed by atoms with Gasteiger partial charge in [-0.05, 0) is 78.5 Å². The molecule has 0 aliphatic heterocycles. The Morgan fingerprint density at radius 2 is 2.09 bits per heavy atom. The number of phenols is 1. The molecule has 3 aliphatic carbocycles. The number of aliphatic hydroxyl groups excluding tert-OH is 2. The summed E-state index contributed by atoms with van der Waals surface area (Å²) in [6.45, 7) is 2.34. The van der Waals surface area contributed by atoms with Crippen molar-refractivity contribution in [2.75, 3.05) is 6.61 Å². The number of rotatable bonds is 1. The van der Waals surface area contributed by atoms with Gasteiger partial charge in [-0.15, -0.1) is 0 Å². The van der Waals surface area contributed by atoms with Crippen LogP contribution in [0.5, 0.6) is 5.75 Å². The van der Waals surface area contributed by atoms with Gasteiger partial charge in [-0.25, -0.2) is 0 Å². The first-order valence-corrected chi connectivity index (χ1v) is 8.65. The van der Waals surface area contributed by atoms with Gasteiger partial charge < -0.3 is 15.3 Å². The van der Waals surface area contributed by atoms with Crippen LogP contribution in [0.25, 0.3) is 0 Å². The van der Waals surface area contributed by atoms with Gasteiger partial charge in [-0.2, -0.15) is 0 Å². The fourth-order valence-electron chi connectivity index (χ4n) is 5.90. The zero-order chi connectivity index (χ0) is 15.5. The first kappa shape index (κ1) is 14.5. The lowest BCUT2D eigenvalue weighted by Crippen LogP contribution is -2.44. The number of hydrogen-bond donors (Lipinski definition) is 3. The summed E-state index contributed by atoms with van der Waals surface area (Å²) in [6.07, 6.45) is 4.93. The van der Waals surface area contributed by atoms with E-state index in [1.807, 2.05) is 12.1 Å². The molecule has 6 atom stereocenters. The highest BCUT2D eigenvalue weighted by Gasteiger charge is 2.57. The van der Waals surface area contributed by atoms with E-state index in [4.69, 9.17) is 0 Å². The summed E-state index contributed by atoms with van der Waals surface area (Å²) in [7, 11) is 0. The molecule has 0 radical (unpaired) electrons. The molecule has 3 aliphatic rings. The van der Waals surface area contributed by atoms with Crippen LogP contribution < -0.4 is 0 Å². The molecule has 4 rings (SSSR count). The van der Waals surface area contributed by atoms with Crippen molar-refractivity contribution < 1.29 is 15.3 Å². The minimum atomic E-state index is -0.357. The number of aromatic hydroxyl groups is 1. The fraction of sp³-hybridized carbons (Fsp3) is 0.684. The van der Waals surface area contributed by atoms with Crippen molar-refractivity contribution in [3.63, 3.8) is 0 Å². The number of hydrogen-bond acceptors (Lipinski definition) is 3. The lowest BCUT2D eigenvalue weighted by Gasteiger charge is -2.50. The third-order valence-corrected chi connectivity index (χ3v) is 7.06. The zero-order valence-electron chi connectivity index (χ0n) is 13.2. The van der Waals surface area contributed by atoms with Crippen molar-refractivity contribution in [2.24, 2.45) is 23.2 Å². The molecule has 22 heavy (non-hydrogen) atoms. The second-order valence-corrected chi connectivity index (χ2v) is 7.97. The highest BCUT2D eigenvalue weighted by Crippen LogP contribution is 2.62. The molecule has 0 aromatic heterocycles. The van der Waals surface area contributed by atoms with Crippen molar-refractivity contribution in [1.29, 1.82) is 0 Å². The number of fused-ring (bicyclic) bond motifs is 5. The number of phenolic OH excluding ortho intramolecular Hbond substituents is 1. The standard InChI is InChI=1S/C19H26O3/c1-19-7-6-15-14-5-3-13(21)8-11(14)2-4-16(15)17(19)9-12(10-20)18(19)22/h3,5,8,12,15-18,20-22H,2,4,6-7,9-10H2,1H3. The average molecular weight is 302 g/mol. The van der Waals surface area contributed by atoms with E-state index in [1.54, 1.807) is 0 Å². The summed E-state index contributed by atoms with van der Waals surface area (Å²) in [5.41, 5.74) is 2.70. The molecule has 0 bridgehead atoms. The second-order valence-electron chi connectivity index (χ2n) is 7.97. The predicted molar refractivity (Wildman–Crippen MR) is 84.7 cm³/mol. The molecule has 3 heteroatoms. The summed E-state index contributed by atoms with van der Waals surface area (Å²) in [4.78, 5) is 0. The van der Waals surface area contributed by atoms with Crippen molar-refractivity contribution in [2.45, 2.75) is 51.0 Å². The Labute approximate surface area is 132 Å². The van der Waals surface area contributed by atoms with Gasteiger partial charge in [0.05, 0.1) is 6.10 Å². The summed E-state index contributed by atoms with van der Waals surface area (Å²) in [6, 6.07) is 5.85. The van der Waals surface area contributed by atoms with Crippen LogP contribution in [0.1, 0.15) is 49.7 Å². The number of benzene rings is 1. The highest BCUT2D eigenvalue weighted by molar-refractivity contribution is 5.40. The number of aryl methyl sites for hydroxylation is 1. The molecule has 3 N–H and O–H groups in total. The maximum absolute atomic E-state index is 10.7. The molecular weight excluding hydrogens is 276 g/mol. The van der Waals surface area contributed by atoms with Crippen LogP contribution in [0.4, 0.5) is 0 Å². The first-order chi connectivity index (χ1) is 10.5. The van der Waals surface area contributed by atoms with E-state index in [9.17, 15) is 15.3 Å². The normalized spacial score (nSPS) is 43.3. The van der Waals surface area contributed by atoms with E-state index in [-0.39, 0.29) is 24.0 Å². The van der Waals surface area contributed by atoms with Crippen LogP contribution in [0, 0.1) is 23.2 Å². The Morgan fingerprint density at radius 1 is 1.27 bits per heavy atom. The molecule has 1 aromatic carbocycles. The Morgan fingerprint density at radius 3 is 2.86 bits per heavy atom. The summed E-state index contributed by atoms with van der Waals surface area (Å²) >= 11 is 0. The van der Waals surface area contributed by atoms with E-state index < -0.39 is 0 Å². The third-order valence-electron chi connectivity index (χ3n) is 7.06. The molecule has 3 nitrogen and oxygen atoms in total. The Balaban J connectivity index is 1.69. The molecule has 2 saturated carbocycles. The van der Waals surface area contributed by atoms with Crippen LogP contribution in [0.15, 0.2) is 18.2 Å². The molecule has 0 heterocycles. The maximum atomic E-state index is 10.7. The molecule has 0 amide bonds. The topological polar surface area (TPSA) is 60.7 Å². The van der Waals surface area contributed by atoms with Crippen molar-refractivity contribution in [1.82, 2.24) is 0 Å². The largest absolute Gasteiger partial charge is 0.508 e. The molecule has 6 unspecified atom stereocenters. The van der Waals surface area contributed by atoms with E-state index in [0.29, 0.717) is 23.5 Å². The van der Waals surface area contributed by atoms with Gasteiger partial charge in [-0.1, -0.05) is 13.0 Å². The van der Waals surface area contributed by atoms with Gasteiger partial charge in [0.25, 0.3) is 0 Å². The maximum Gasteiger partial charge on any atom is 0.115 e. The molecule has 0 spiro atoms. The van der Waals surface area contributed by atoms with Gasteiger partial charge in [0.1, 0.15) is 5.75 Å². The van der Waals surface area contributed by atoms with Gasteiger partial charge >= 0.3 is 0 Å². The third kappa shape index (κ3) is 1.88. The second kappa shape index (κ2) is 4.97. The summed E-state index contributed by atoms with van der Waals surface area (Å²) in [5, 5.41) is 30.0. The van der Waals surface area contributed by atoms with E-state index in [2.05, 4.69) is 13.0 Å². The van der Waals surface area contributed by atoms with Gasteiger partial charge in [-0.3, -0.25) is 0 Å². The Kier molecular flexibility index (Phi) is 3.28. The Hall–Kier alpha value is -1.06. The molecule has 2 fully saturated rings. The zero-order valence-corrected chi connectivity index (χ0v) is 13.2. The summed E-state index contributed by atoms with van der Waals surface area (Å²) in [5.74, 6) is 2.11. The SMILES string of the molecule is CC12CCC3c4ccc(O)cc4CCC3C1CC(CO)C2O. The minimum absolute atomic E-state index is 0.0248. The monoisotopic (exact) mass is 302 g/mol. The lowest BCUT2D eigenvalue weighted by atomic mass is 9.55. The smallest absolute Gasteiger partial charge is 0.115 e. The Bertz CT molecular complexity index is 584. The average Bonchev–Trinajstić information content (AvgIpc) is 2.78. The van der Waals surface area contributed by atoms with Crippen molar-refractivity contribution >= 4 is 0 Å². The van der Waals surface area contributed by atoms with Gasteiger partial charge in [0, 0.05) is 12.5 Å². The molecule has 0 saturated heterocycles. The van der Waals surface area contributed by atoms with E-state index in [1.165, 1.54) is 11.1 Å². The van der Waals surface area contributed by atoms with Gasteiger partial charge in [0.2, 0.25) is 0 Å². The quantitative estimate of drug-likeness (QED) is 0.747. The molecular formula is C19H26O3. The van der Waals surface area contributed by atoms with Crippen molar-refractivity contribution in [3.05, 3.63) is 29.3 Å². The lowest BCUT2D eigenvalue weighted by molar-refractivity contribution is -0.0379. The fourth-order valence-corrected chi connectivity index (χ4v) is 5.90. The molecule has 120 valence electrons. The van der Waals surface area contributed by atoms with Crippen LogP contribution >= 0.6 is 0 Å². The minimum Gasteiger partial charge on any atom is -0.508 e. The predicted octanol–water partition coefficient (Wildman–Crippen LogP) is 2.83. The van der Waals surface area contributed by atoms with Crippen LogP contribution in [-0.4, -0.2) is 28.0 Å². The van der Waals surface area contributed by atoms with Gasteiger partial charge in [0.15, 0.2) is 0 Å². The highest BCUT2D eigenvalue weighted by atomic mass is 16.3. The van der Waals surface area contributed by atoms with E-state index >= 15 is 0 Å². The number of aliphatic hydroxyl groups is 2. The van der Waals surface area contributed by atoms with Crippen LogP contribution in [-0.2, 0) is 6.42 Å². The molecule has 1 aromatic rings. The first-order valence-electron chi connectivity index (χ1n) is 8.65. The van der Waals surface area contributed by atoms with Crippen molar-refractivity contribution in [3.8, 4) is 5.75 Å². The summed E-state index contributed by atoms with van der Waals surface area (Å²) < 4.78 is 0. The van der Waals surface area contributed by atoms with Crippen LogP contribution in [0.2, 0.25) is 0 Å².